The highest BCUT2D eigenvalue weighted by Gasteiger charge is 2.46. The van der Waals surface area contributed by atoms with Gasteiger partial charge in [0.1, 0.15) is 11.2 Å². The summed E-state index contributed by atoms with van der Waals surface area (Å²) in [6.07, 6.45) is 1.44. The molecule has 1 N–H and O–H groups in total. The monoisotopic (exact) mass is 353 g/mol. The fourth-order valence-corrected chi connectivity index (χ4v) is 3.48. The Labute approximate surface area is 152 Å². The number of aliphatic imine (C=N–C) groups is 1. The number of hydrogen-bond donors (Lipinski definition) is 1. The topological polar surface area (TPSA) is 74.0 Å². The van der Waals surface area contributed by atoms with Crippen LogP contribution in [0.2, 0.25) is 0 Å². The summed E-state index contributed by atoms with van der Waals surface area (Å²) in [6.45, 7) is 2.31. The van der Waals surface area contributed by atoms with Gasteiger partial charge in [-0.05, 0) is 12.8 Å². The number of rotatable bonds is 3. The lowest BCUT2D eigenvalue weighted by Crippen LogP contribution is -2.49. The first-order valence-electron chi connectivity index (χ1n) is 8.88. The Morgan fingerprint density at radius 1 is 1.23 bits per heavy atom. The molecule has 7 heteroatoms. The van der Waals surface area contributed by atoms with Gasteiger partial charge in [0.05, 0.1) is 6.54 Å². The molecular weight excluding hydrogens is 330 g/mol. The Bertz CT molecular complexity index is 819. The second kappa shape index (κ2) is 6.57. The molecule has 1 aromatic carbocycles. The molecule has 0 atom stereocenters. The molecule has 2 aliphatic rings. The largest absolute Gasteiger partial charge is 0.359 e. The van der Waals surface area contributed by atoms with Gasteiger partial charge in [-0.2, -0.15) is 0 Å². The van der Waals surface area contributed by atoms with Crippen LogP contribution in [-0.2, 0) is 11.3 Å². The van der Waals surface area contributed by atoms with E-state index in [-0.39, 0.29) is 5.91 Å². The van der Waals surface area contributed by atoms with E-state index in [0.29, 0.717) is 12.5 Å². The SMILES string of the molecule is CN(C)C1=NC2(CCN(Cc3cc(-c4ccccc4)no3)CC2)C(=O)N1. The number of nitrogens with one attached hydrogen (secondary N) is 1. The van der Waals surface area contributed by atoms with Crippen molar-refractivity contribution in [3.63, 3.8) is 0 Å². The van der Waals surface area contributed by atoms with Crippen molar-refractivity contribution in [2.24, 2.45) is 4.99 Å². The molecule has 0 aliphatic carbocycles. The minimum Gasteiger partial charge on any atom is -0.359 e. The van der Waals surface area contributed by atoms with Crippen molar-refractivity contribution in [3.8, 4) is 11.3 Å². The quantitative estimate of drug-likeness (QED) is 0.910. The molecule has 136 valence electrons. The Morgan fingerprint density at radius 3 is 2.62 bits per heavy atom. The van der Waals surface area contributed by atoms with E-state index in [1.54, 1.807) is 0 Å². The van der Waals surface area contributed by atoms with E-state index in [4.69, 9.17) is 4.52 Å². The van der Waals surface area contributed by atoms with E-state index in [2.05, 4.69) is 20.4 Å². The highest BCUT2D eigenvalue weighted by Crippen LogP contribution is 2.31. The lowest BCUT2D eigenvalue weighted by molar-refractivity contribution is -0.125. The number of amides is 1. The van der Waals surface area contributed by atoms with Crippen molar-refractivity contribution >= 4 is 11.9 Å². The van der Waals surface area contributed by atoms with Gasteiger partial charge in [0.2, 0.25) is 5.96 Å². The molecule has 1 spiro atoms. The van der Waals surface area contributed by atoms with Crippen molar-refractivity contribution < 1.29 is 9.32 Å². The Morgan fingerprint density at radius 2 is 1.96 bits per heavy atom. The molecule has 1 saturated heterocycles. The van der Waals surface area contributed by atoms with Crippen molar-refractivity contribution in [1.82, 2.24) is 20.3 Å². The lowest BCUT2D eigenvalue weighted by atomic mass is 9.88. The fourth-order valence-electron chi connectivity index (χ4n) is 3.48. The molecule has 0 unspecified atom stereocenters. The summed E-state index contributed by atoms with van der Waals surface area (Å²) in [5.74, 6) is 1.52. The van der Waals surface area contributed by atoms with Crippen molar-refractivity contribution in [2.45, 2.75) is 24.9 Å². The van der Waals surface area contributed by atoms with Gasteiger partial charge in [0, 0.05) is 38.8 Å². The Kier molecular flexibility index (Phi) is 4.24. The third kappa shape index (κ3) is 3.10. The van der Waals surface area contributed by atoms with Gasteiger partial charge in [-0.15, -0.1) is 0 Å². The normalized spacial score (nSPS) is 19.5. The van der Waals surface area contributed by atoms with Crippen LogP contribution in [0.25, 0.3) is 11.3 Å². The van der Waals surface area contributed by atoms with Gasteiger partial charge in [0.25, 0.3) is 5.91 Å². The molecule has 2 aromatic rings. The second-order valence-corrected chi connectivity index (χ2v) is 7.14. The number of carbonyl (C=O) groups is 1. The number of guanidine groups is 1. The molecule has 2 aliphatic heterocycles. The number of carbonyl (C=O) groups excluding carboxylic acids is 1. The number of nitrogens with zero attached hydrogens (tertiary/aromatic N) is 4. The molecule has 0 radical (unpaired) electrons. The maximum Gasteiger partial charge on any atom is 0.254 e. The van der Waals surface area contributed by atoms with E-state index in [9.17, 15) is 4.79 Å². The first kappa shape index (κ1) is 16.8. The average molecular weight is 353 g/mol. The summed E-state index contributed by atoms with van der Waals surface area (Å²) in [5.41, 5.74) is 1.30. The van der Waals surface area contributed by atoms with Crippen LogP contribution in [0.15, 0.2) is 45.9 Å². The molecule has 1 amide bonds. The number of aromatic nitrogens is 1. The summed E-state index contributed by atoms with van der Waals surface area (Å²) in [5, 5.41) is 7.06. The molecule has 1 fully saturated rings. The number of piperidine rings is 1. The Hall–Kier alpha value is -2.67. The zero-order chi connectivity index (χ0) is 18.1. The third-order valence-corrected chi connectivity index (χ3v) is 5.08. The van der Waals surface area contributed by atoms with E-state index in [0.717, 1.165) is 42.9 Å². The zero-order valence-corrected chi connectivity index (χ0v) is 15.1. The van der Waals surface area contributed by atoms with Gasteiger partial charge < -0.3 is 9.42 Å². The van der Waals surface area contributed by atoms with Gasteiger partial charge >= 0.3 is 0 Å². The molecule has 1 aromatic heterocycles. The molecule has 3 heterocycles. The molecule has 7 nitrogen and oxygen atoms in total. The van der Waals surface area contributed by atoms with Crippen LogP contribution in [0.3, 0.4) is 0 Å². The Balaban J connectivity index is 1.39. The molecule has 4 rings (SSSR count). The first-order chi connectivity index (χ1) is 12.6. The standard InChI is InChI=1S/C19H23N5O2/c1-23(2)18-20-17(25)19(21-18)8-10-24(11-9-19)13-15-12-16(22-26-15)14-6-4-3-5-7-14/h3-7,12H,8-11,13H2,1-2H3,(H,20,21,25). The highest BCUT2D eigenvalue weighted by molar-refractivity contribution is 6.07. The predicted octanol–water partition coefficient (Wildman–Crippen LogP) is 1.72. The minimum atomic E-state index is -0.604. The molecule has 0 bridgehead atoms. The first-order valence-corrected chi connectivity index (χ1v) is 8.88. The summed E-state index contributed by atoms with van der Waals surface area (Å²) in [4.78, 5) is 21.2. The van der Waals surface area contributed by atoms with E-state index in [1.807, 2.05) is 55.4 Å². The summed E-state index contributed by atoms with van der Waals surface area (Å²) in [6, 6.07) is 12.0. The molecule has 26 heavy (non-hydrogen) atoms. The maximum atomic E-state index is 12.4. The average Bonchev–Trinajstić information content (AvgIpc) is 3.24. The second-order valence-electron chi connectivity index (χ2n) is 7.14. The zero-order valence-electron chi connectivity index (χ0n) is 15.1. The van der Waals surface area contributed by atoms with E-state index in [1.165, 1.54) is 0 Å². The summed E-state index contributed by atoms with van der Waals surface area (Å²) < 4.78 is 5.50. The van der Waals surface area contributed by atoms with Crippen molar-refractivity contribution in [3.05, 3.63) is 42.2 Å². The van der Waals surface area contributed by atoms with Crippen LogP contribution in [0.4, 0.5) is 0 Å². The number of benzene rings is 1. The smallest absolute Gasteiger partial charge is 0.254 e. The van der Waals surface area contributed by atoms with Crippen molar-refractivity contribution in [2.75, 3.05) is 27.2 Å². The minimum absolute atomic E-state index is 0.0203. The summed E-state index contributed by atoms with van der Waals surface area (Å²) >= 11 is 0. The van der Waals surface area contributed by atoms with Crippen molar-refractivity contribution in [1.29, 1.82) is 0 Å². The highest BCUT2D eigenvalue weighted by atomic mass is 16.5. The lowest BCUT2D eigenvalue weighted by Gasteiger charge is -2.34. The van der Waals surface area contributed by atoms with E-state index >= 15 is 0 Å². The van der Waals surface area contributed by atoms with Crippen LogP contribution >= 0.6 is 0 Å². The number of likely N-dealkylation sites (tertiary alicyclic amines) is 1. The van der Waals surface area contributed by atoms with Crippen LogP contribution in [0.5, 0.6) is 0 Å². The summed E-state index contributed by atoms with van der Waals surface area (Å²) in [7, 11) is 3.78. The molecular formula is C19H23N5O2. The van der Waals surface area contributed by atoms with Gasteiger partial charge in [-0.3, -0.25) is 15.0 Å². The fraction of sp³-hybridized carbons (Fsp3) is 0.421. The van der Waals surface area contributed by atoms with Crippen LogP contribution < -0.4 is 5.32 Å². The van der Waals surface area contributed by atoms with Crippen LogP contribution in [0.1, 0.15) is 18.6 Å². The molecule has 0 saturated carbocycles. The maximum absolute atomic E-state index is 12.4. The van der Waals surface area contributed by atoms with Crippen LogP contribution in [0, 0.1) is 0 Å². The predicted molar refractivity (Wildman–Crippen MR) is 98.4 cm³/mol. The van der Waals surface area contributed by atoms with Gasteiger partial charge in [-0.1, -0.05) is 35.5 Å². The van der Waals surface area contributed by atoms with Gasteiger partial charge in [0.15, 0.2) is 5.76 Å². The van der Waals surface area contributed by atoms with Crippen LogP contribution in [-0.4, -0.2) is 59.5 Å². The van der Waals surface area contributed by atoms with E-state index < -0.39 is 5.54 Å². The number of hydrogen-bond acceptors (Lipinski definition) is 6. The van der Waals surface area contributed by atoms with Gasteiger partial charge in [-0.25, -0.2) is 4.99 Å². The third-order valence-electron chi connectivity index (χ3n) is 5.08.